The van der Waals surface area contributed by atoms with Crippen LogP contribution in [0.4, 0.5) is 4.79 Å². The quantitative estimate of drug-likeness (QED) is 0.329. The number of nitrogens with zero attached hydrogens (tertiary/aromatic N) is 3. The number of aliphatic hydroxyl groups is 1. The van der Waals surface area contributed by atoms with Crippen molar-refractivity contribution >= 4 is 46.8 Å². The van der Waals surface area contributed by atoms with Crippen molar-refractivity contribution in [2.45, 2.75) is 35.7 Å². The van der Waals surface area contributed by atoms with Crippen molar-refractivity contribution in [1.29, 1.82) is 0 Å². The second-order valence-electron chi connectivity index (χ2n) is 8.84. The number of nitrogens with one attached hydrogen (secondary N) is 1. The van der Waals surface area contributed by atoms with E-state index in [0.29, 0.717) is 23.2 Å². The van der Waals surface area contributed by atoms with Gasteiger partial charge in [-0.15, -0.1) is 0 Å². The van der Waals surface area contributed by atoms with Gasteiger partial charge in [0, 0.05) is 41.4 Å². The lowest BCUT2D eigenvalue weighted by atomic mass is 10.1. The minimum absolute atomic E-state index is 0.107. The largest absolute Gasteiger partial charge is 0.442 e. The maximum absolute atomic E-state index is 13.2. The molecule has 4 aromatic rings. The standard InChI is InChI=1S/C28H28N4O4S/c1-28(2,15-17-33)36-27(35)32-24-18-20(37-25-10-5-4-9-22(25)26(34)29-3)12-13-21(24)23(31-32)14-11-19-8-6-7-16-30-19/h4-14,16,18,33H,15,17H2,1-3H3,(H,29,34)/b14-11+. The Morgan fingerprint density at radius 2 is 1.89 bits per heavy atom. The molecule has 2 heterocycles. The lowest BCUT2D eigenvalue weighted by Gasteiger charge is -2.23. The zero-order valence-corrected chi connectivity index (χ0v) is 21.7. The molecule has 1 amide bonds. The van der Waals surface area contributed by atoms with Gasteiger partial charge in [-0.05, 0) is 68.5 Å². The minimum atomic E-state index is -0.868. The predicted molar refractivity (Wildman–Crippen MR) is 145 cm³/mol. The molecule has 8 nitrogen and oxygen atoms in total. The average molecular weight is 517 g/mol. The van der Waals surface area contributed by atoms with Gasteiger partial charge >= 0.3 is 6.09 Å². The van der Waals surface area contributed by atoms with Gasteiger partial charge in [0.05, 0.1) is 22.5 Å². The lowest BCUT2D eigenvalue weighted by Crippen LogP contribution is -2.31. The van der Waals surface area contributed by atoms with E-state index in [9.17, 15) is 14.7 Å². The van der Waals surface area contributed by atoms with Crippen molar-refractivity contribution in [3.05, 3.63) is 83.8 Å². The number of fused-ring (bicyclic) bond motifs is 1. The van der Waals surface area contributed by atoms with Gasteiger partial charge in [-0.3, -0.25) is 9.78 Å². The fourth-order valence-electron chi connectivity index (χ4n) is 3.69. The van der Waals surface area contributed by atoms with Gasteiger partial charge in [0.2, 0.25) is 0 Å². The van der Waals surface area contributed by atoms with Crippen molar-refractivity contribution < 1.29 is 19.4 Å². The predicted octanol–water partition coefficient (Wildman–Crippen LogP) is 5.26. The maximum atomic E-state index is 13.2. The number of ether oxygens (including phenoxy) is 1. The molecule has 37 heavy (non-hydrogen) atoms. The molecular formula is C28H28N4O4S. The highest BCUT2D eigenvalue weighted by molar-refractivity contribution is 7.99. The smallest absolute Gasteiger partial charge is 0.435 e. The van der Waals surface area contributed by atoms with E-state index in [0.717, 1.165) is 20.9 Å². The number of carbonyl (C=O) groups is 2. The molecule has 0 saturated carbocycles. The van der Waals surface area contributed by atoms with Gasteiger partial charge in [0.25, 0.3) is 5.91 Å². The van der Waals surface area contributed by atoms with Crippen LogP contribution in [0.5, 0.6) is 0 Å². The topological polar surface area (TPSA) is 106 Å². The molecule has 9 heteroatoms. The van der Waals surface area contributed by atoms with Gasteiger partial charge < -0.3 is 15.2 Å². The normalized spacial score (nSPS) is 11.7. The monoisotopic (exact) mass is 516 g/mol. The van der Waals surface area contributed by atoms with E-state index in [1.165, 1.54) is 16.4 Å². The van der Waals surface area contributed by atoms with Gasteiger partial charge in [-0.2, -0.15) is 9.78 Å². The van der Waals surface area contributed by atoms with Crippen LogP contribution in [0.1, 0.15) is 42.0 Å². The molecule has 190 valence electrons. The Balaban J connectivity index is 1.75. The molecule has 2 N–H and O–H groups in total. The van der Waals surface area contributed by atoms with Crippen LogP contribution in [0.15, 0.2) is 76.7 Å². The number of hydrogen-bond acceptors (Lipinski definition) is 7. The average Bonchev–Trinajstić information content (AvgIpc) is 3.25. The van der Waals surface area contributed by atoms with Crippen LogP contribution in [0.3, 0.4) is 0 Å². The summed E-state index contributed by atoms with van der Waals surface area (Å²) in [6.45, 7) is 3.38. The zero-order valence-electron chi connectivity index (χ0n) is 20.8. The van der Waals surface area contributed by atoms with Gasteiger partial charge in [-0.1, -0.05) is 30.0 Å². The summed E-state index contributed by atoms with van der Waals surface area (Å²) < 4.78 is 6.91. The van der Waals surface area contributed by atoms with Crippen LogP contribution in [0.2, 0.25) is 0 Å². The molecule has 2 aromatic heterocycles. The van der Waals surface area contributed by atoms with Crippen LogP contribution >= 0.6 is 11.8 Å². The first kappa shape index (κ1) is 26.1. The molecule has 0 bridgehead atoms. The Hall–Kier alpha value is -3.95. The number of amides is 1. The number of rotatable bonds is 8. The van der Waals surface area contributed by atoms with Crippen LogP contribution in [-0.4, -0.2) is 51.1 Å². The molecule has 0 aliphatic heterocycles. The molecule has 0 fully saturated rings. The fraction of sp³-hybridized carbons (Fsp3) is 0.214. The third-order valence-corrected chi connectivity index (χ3v) is 6.68. The van der Waals surface area contributed by atoms with E-state index in [1.54, 1.807) is 39.2 Å². The van der Waals surface area contributed by atoms with Crippen molar-refractivity contribution in [3.8, 4) is 0 Å². The first-order chi connectivity index (χ1) is 17.8. The first-order valence-corrected chi connectivity index (χ1v) is 12.6. The summed E-state index contributed by atoms with van der Waals surface area (Å²) in [4.78, 5) is 31.4. The van der Waals surface area contributed by atoms with Crippen molar-refractivity contribution in [3.63, 3.8) is 0 Å². The van der Waals surface area contributed by atoms with Gasteiger partial charge in [0.15, 0.2) is 0 Å². The van der Waals surface area contributed by atoms with E-state index in [1.807, 2.05) is 60.7 Å². The molecule has 2 aromatic carbocycles. The molecular weight excluding hydrogens is 488 g/mol. The molecule has 0 spiro atoms. The summed E-state index contributed by atoms with van der Waals surface area (Å²) in [5.41, 5.74) is 1.60. The zero-order chi connectivity index (χ0) is 26.4. The van der Waals surface area contributed by atoms with E-state index in [4.69, 9.17) is 4.74 Å². The maximum Gasteiger partial charge on any atom is 0.435 e. The summed E-state index contributed by atoms with van der Waals surface area (Å²) in [5.74, 6) is -0.175. The second kappa shape index (κ2) is 11.4. The highest BCUT2D eigenvalue weighted by Crippen LogP contribution is 2.34. The number of hydrogen-bond donors (Lipinski definition) is 2. The van der Waals surface area contributed by atoms with Crippen LogP contribution in [-0.2, 0) is 4.74 Å². The third kappa shape index (κ3) is 6.25. The molecule has 0 unspecified atom stereocenters. The van der Waals surface area contributed by atoms with Crippen LogP contribution in [0, 0.1) is 0 Å². The van der Waals surface area contributed by atoms with E-state index in [-0.39, 0.29) is 12.5 Å². The summed E-state index contributed by atoms with van der Waals surface area (Å²) >= 11 is 1.42. The molecule has 0 radical (unpaired) electrons. The number of aromatic nitrogens is 3. The molecule has 0 aliphatic carbocycles. The molecule has 0 saturated heterocycles. The summed E-state index contributed by atoms with van der Waals surface area (Å²) in [7, 11) is 1.60. The highest BCUT2D eigenvalue weighted by atomic mass is 32.2. The number of aliphatic hydroxyl groups excluding tert-OH is 1. The Kier molecular flexibility index (Phi) is 8.05. The third-order valence-electron chi connectivity index (χ3n) is 5.62. The van der Waals surface area contributed by atoms with Crippen LogP contribution in [0.25, 0.3) is 23.1 Å². The van der Waals surface area contributed by atoms with E-state index >= 15 is 0 Å². The number of benzene rings is 2. The van der Waals surface area contributed by atoms with E-state index in [2.05, 4.69) is 15.4 Å². The molecule has 0 aliphatic rings. The summed E-state index contributed by atoms with van der Waals surface area (Å²) in [6, 6.07) is 18.6. The molecule has 0 atom stereocenters. The minimum Gasteiger partial charge on any atom is -0.442 e. The SMILES string of the molecule is CNC(=O)c1ccccc1Sc1ccc2c(/C=C/c3ccccn3)nn(C(=O)OC(C)(C)CCO)c2c1. The van der Waals surface area contributed by atoms with Gasteiger partial charge in [-0.25, -0.2) is 4.79 Å². The second-order valence-corrected chi connectivity index (χ2v) is 9.96. The Bertz CT molecular complexity index is 1450. The Labute approximate surface area is 219 Å². The van der Waals surface area contributed by atoms with Crippen LogP contribution < -0.4 is 5.32 Å². The van der Waals surface area contributed by atoms with Gasteiger partial charge in [0.1, 0.15) is 5.60 Å². The molecule has 4 rings (SSSR count). The van der Waals surface area contributed by atoms with Crippen molar-refractivity contribution in [2.75, 3.05) is 13.7 Å². The highest BCUT2D eigenvalue weighted by Gasteiger charge is 2.25. The number of carbonyl (C=O) groups excluding carboxylic acids is 2. The van der Waals surface area contributed by atoms with E-state index < -0.39 is 11.7 Å². The fourth-order valence-corrected chi connectivity index (χ4v) is 4.67. The first-order valence-electron chi connectivity index (χ1n) is 11.8. The Morgan fingerprint density at radius 1 is 1.11 bits per heavy atom. The Morgan fingerprint density at radius 3 is 2.62 bits per heavy atom. The van der Waals surface area contributed by atoms with Crippen molar-refractivity contribution in [1.82, 2.24) is 20.1 Å². The number of pyridine rings is 1. The van der Waals surface area contributed by atoms with Crippen molar-refractivity contribution in [2.24, 2.45) is 0 Å². The summed E-state index contributed by atoms with van der Waals surface area (Å²) in [6.07, 6.45) is 4.99. The summed E-state index contributed by atoms with van der Waals surface area (Å²) in [5, 5.41) is 17.3. The lowest BCUT2D eigenvalue weighted by molar-refractivity contribution is 0.0207.